The third-order valence-corrected chi connectivity index (χ3v) is 7.13. The number of nitrogens with zero attached hydrogens (tertiary/aromatic N) is 1. The predicted molar refractivity (Wildman–Crippen MR) is 90.3 cm³/mol. The summed E-state index contributed by atoms with van der Waals surface area (Å²) < 4.78 is 0. The molecule has 1 spiro atoms. The minimum atomic E-state index is 0.350. The predicted octanol–water partition coefficient (Wildman–Crippen LogP) is 4.19. The van der Waals surface area contributed by atoms with Crippen LogP contribution in [0.1, 0.15) is 78.1 Å². The molecule has 1 aliphatic heterocycles. The van der Waals surface area contributed by atoms with Gasteiger partial charge < -0.3 is 10.6 Å². The van der Waals surface area contributed by atoms with Gasteiger partial charge in [-0.2, -0.15) is 0 Å². The lowest BCUT2D eigenvalue weighted by atomic mass is 9.67. The van der Waals surface area contributed by atoms with Crippen molar-refractivity contribution in [1.29, 1.82) is 0 Å². The minimum Gasteiger partial charge on any atom is -0.327 e. The Balaban J connectivity index is 1.51. The molecule has 3 rings (SSSR count). The molecule has 2 atom stereocenters. The molecule has 2 unspecified atom stereocenters. The molecule has 2 aliphatic carbocycles. The summed E-state index contributed by atoms with van der Waals surface area (Å²) >= 11 is 0. The van der Waals surface area contributed by atoms with Gasteiger partial charge in [0, 0.05) is 12.6 Å². The van der Waals surface area contributed by atoms with Gasteiger partial charge in [0.25, 0.3) is 0 Å². The first-order valence-corrected chi connectivity index (χ1v) is 9.49. The number of piperidine rings is 1. The molecule has 0 amide bonds. The van der Waals surface area contributed by atoms with E-state index < -0.39 is 0 Å². The molecule has 0 aromatic heterocycles. The Bertz CT molecular complexity index is 333. The Morgan fingerprint density at radius 2 is 1.57 bits per heavy atom. The molecule has 21 heavy (non-hydrogen) atoms. The second kappa shape index (κ2) is 6.20. The monoisotopic (exact) mass is 292 g/mol. The zero-order chi connectivity index (χ0) is 14.9. The lowest BCUT2D eigenvalue weighted by Gasteiger charge is -2.47. The molecule has 0 radical (unpaired) electrons. The summed E-state index contributed by atoms with van der Waals surface area (Å²) in [6, 6.07) is 0.400. The molecule has 2 heteroatoms. The summed E-state index contributed by atoms with van der Waals surface area (Å²) in [5, 5.41) is 0. The van der Waals surface area contributed by atoms with E-state index in [4.69, 9.17) is 5.73 Å². The second-order valence-electron chi connectivity index (χ2n) is 9.03. The van der Waals surface area contributed by atoms with Crippen LogP contribution < -0.4 is 5.73 Å². The fourth-order valence-electron chi connectivity index (χ4n) is 5.35. The minimum absolute atomic E-state index is 0.350. The van der Waals surface area contributed by atoms with E-state index in [0.717, 1.165) is 11.3 Å². The number of hydrogen-bond acceptors (Lipinski definition) is 2. The zero-order valence-electron chi connectivity index (χ0n) is 14.4. The Hall–Kier alpha value is -0.0800. The molecule has 1 heterocycles. The third-order valence-electron chi connectivity index (χ3n) is 7.13. The maximum absolute atomic E-state index is 6.58. The van der Waals surface area contributed by atoms with Crippen LogP contribution in [-0.4, -0.2) is 30.6 Å². The lowest BCUT2D eigenvalue weighted by molar-refractivity contribution is 0.0403. The topological polar surface area (TPSA) is 29.3 Å². The SMILES string of the molecule is CC1(C)CCCC(CN2CCC3(CCCCC3)CC2)C1N. The highest BCUT2D eigenvalue weighted by Crippen LogP contribution is 2.45. The number of nitrogens with two attached hydrogens (primary N) is 1. The van der Waals surface area contributed by atoms with Gasteiger partial charge in [-0.3, -0.25) is 0 Å². The van der Waals surface area contributed by atoms with Gasteiger partial charge in [-0.15, -0.1) is 0 Å². The fourth-order valence-corrected chi connectivity index (χ4v) is 5.35. The van der Waals surface area contributed by atoms with Crippen molar-refractivity contribution >= 4 is 0 Å². The average Bonchev–Trinajstić information content (AvgIpc) is 2.47. The van der Waals surface area contributed by atoms with E-state index in [1.54, 1.807) is 0 Å². The summed E-state index contributed by atoms with van der Waals surface area (Å²) in [6.45, 7) is 8.68. The molecule has 2 saturated carbocycles. The molecule has 0 bridgehead atoms. The van der Waals surface area contributed by atoms with Gasteiger partial charge in [0.1, 0.15) is 0 Å². The first-order chi connectivity index (χ1) is 10.0. The molecule has 1 saturated heterocycles. The number of likely N-dealkylation sites (tertiary alicyclic amines) is 1. The van der Waals surface area contributed by atoms with Crippen LogP contribution in [0.2, 0.25) is 0 Å². The maximum Gasteiger partial charge on any atom is 0.0131 e. The number of hydrogen-bond donors (Lipinski definition) is 1. The average molecular weight is 293 g/mol. The highest BCUT2D eigenvalue weighted by atomic mass is 15.1. The van der Waals surface area contributed by atoms with E-state index in [2.05, 4.69) is 18.7 Å². The first-order valence-electron chi connectivity index (χ1n) is 9.49. The maximum atomic E-state index is 6.58. The van der Waals surface area contributed by atoms with Crippen molar-refractivity contribution < 1.29 is 0 Å². The molecule has 2 N–H and O–H groups in total. The van der Waals surface area contributed by atoms with Crippen LogP contribution in [0.4, 0.5) is 0 Å². The summed E-state index contributed by atoms with van der Waals surface area (Å²) in [7, 11) is 0. The molecule has 122 valence electrons. The van der Waals surface area contributed by atoms with Crippen molar-refractivity contribution in [3.05, 3.63) is 0 Å². The van der Waals surface area contributed by atoms with E-state index in [1.165, 1.54) is 83.8 Å². The summed E-state index contributed by atoms with van der Waals surface area (Å²) in [5.74, 6) is 0.731. The van der Waals surface area contributed by atoms with Crippen molar-refractivity contribution in [2.24, 2.45) is 22.5 Å². The van der Waals surface area contributed by atoms with Crippen molar-refractivity contribution in [3.63, 3.8) is 0 Å². The van der Waals surface area contributed by atoms with Gasteiger partial charge in [-0.1, -0.05) is 39.5 Å². The molecular weight excluding hydrogens is 256 g/mol. The largest absolute Gasteiger partial charge is 0.327 e. The molecule has 2 nitrogen and oxygen atoms in total. The van der Waals surface area contributed by atoms with Gasteiger partial charge in [-0.05, 0) is 68.4 Å². The Labute approximate surface area is 131 Å². The highest BCUT2D eigenvalue weighted by Gasteiger charge is 2.39. The van der Waals surface area contributed by atoms with Crippen LogP contribution in [0.3, 0.4) is 0 Å². The van der Waals surface area contributed by atoms with Crippen LogP contribution >= 0.6 is 0 Å². The highest BCUT2D eigenvalue weighted by molar-refractivity contribution is 4.94. The van der Waals surface area contributed by atoms with Gasteiger partial charge in [0.05, 0.1) is 0 Å². The van der Waals surface area contributed by atoms with Crippen molar-refractivity contribution in [2.75, 3.05) is 19.6 Å². The van der Waals surface area contributed by atoms with Gasteiger partial charge in [0.15, 0.2) is 0 Å². The van der Waals surface area contributed by atoms with Crippen molar-refractivity contribution in [1.82, 2.24) is 4.90 Å². The van der Waals surface area contributed by atoms with Crippen LogP contribution in [0.5, 0.6) is 0 Å². The summed E-state index contributed by atoms with van der Waals surface area (Å²) in [6.07, 6.45) is 14.4. The van der Waals surface area contributed by atoms with E-state index in [1.807, 2.05) is 0 Å². The quantitative estimate of drug-likeness (QED) is 0.827. The first kappa shape index (κ1) is 15.8. The van der Waals surface area contributed by atoms with Crippen LogP contribution in [0.25, 0.3) is 0 Å². The third kappa shape index (κ3) is 3.47. The Morgan fingerprint density at radius 3 is 2.24 bits per heavy atom. The summed E-state index contributed by atoms with van der Waals surface area (Å²) in [4.78, 5) is 2.74. The standard InChI is InChI=1S/C19H36N2/c1-18(2)8-6-7-16(17(18)20)15-21-13-11-19(12-14-21)9-4-3-5-10-19/h16-17H,3-15,20H2,1-2H3. The van der Waals surface area contributed by atoms with E-state index >= 15 is 0 Å². The van der Waals surface area contributed by atoms with E-state index in [9.17, 15) is 0 Å². The fraction of sp³-hybridized carbons (Fsp3) is 1.00. The Kier molecular flexibility index (Phi) is 4.66. The van der Waals surface area contributed by atoms with E-state index in [0.29, 0.717) is 11.5 Å². The lowest BCUT2D eigenvalue weighted by Crippen LogP contribution is -2.51. The van der Waals surface area contributed by atoms with Crippen LogP contribution in [0.15, 0.2) is 0 Å². The van der Waals surface area contributed by atoms with Gasteiger partial charge >= 0.3 is 0 Å². The van der Waals surface area contributed by atoms with Crippen molar-refractivity contribution in [3.8, 4) is 0 Å². The molecule has 0 aromatic rings. The van der Waals surface area contributed by atoms with Gasteiger partial charge in [0.2, 0.25) is 0 Å². The molecular formula is C19H36N2. The summed E-state index contributed by atoms with van der Waals surface area (Å²) in [5.41, 5.74) is 7.67. The van der Waals surface area contributed by atoms with Gasteiger partial charge in [-0.25, -0.2) is 0 Å². The zero-order valence-corrected chi connectivity index (χ0v) is 14.4. The van der Waals surface area contributed by atoms with Crippen LogP contribution in [0, 0.1) is 16.7 Å². The molecule has 0 aromatic carbocycles. The van der Waals surface area contributed by atoms with Crippen molar-refractivity contribution in [2.45, 2.75) is 84.1 Å². The van der Waals surface area contributed by atoms with Crippen LogP contribution in [-0.2, 0) is 0 Å². The molecule has 3 aliphatic rings. The molecule has 3 fully saturated rings. The Morgan fingerprint density at radius 1 is 0.905 bits per heavy atom. The normalized spacial score (nSPS) is 36.7. The smallest absolute Gasteiger partial charge is 0.0131 e. The number of rotatable bonds is 2. The van der Waals surface area contributed by atoms with E-state index in [-0.39, 0.29) is 0 Å². The second-order valence-corrected chi connectivity index (χ2v) is 9.03.